The number of benzene rings is 4. The summed E-state index contributed by atoms with van der Waals surface area (Å²) in [6, 6.07) is 29.9. The zero-order valence-electron chi connectivity index (χ0n) is 22.9. The first-order valence-electron chi connectivity index (χ1n) is 13.1. The molecule has 0 aliphatic carbocycles. The summed E-state index contributed by atoms with van der Waals surface area (Å²) in [6.07, 6.45) is 1.22. The molecule has 2 N–H and O–H groups in total. The number of hydrogen-bond donors (Lipinski definition) is 2. The molecular formula is C33H32O8. The molecule has 4 rings (SSSR count). The molecule has 0 aromatic heterocycles. The smallest absolute Gasteiger partial charge is 0.341 e. The predicted octanol–water partition coefficient (Wildman–Crippen LogP) is 6.60. The van der Waals surface area contributed by atoms with Gasteiger partial charge in [-0.2, -0.15) is 4.89 Å². The molecule has 0 unspecified atom stereocenters. The van der Waals surface area contributed by atoms with E-state index in [4.69, 9.17) is 19.8 Å². The maximum atomic E-state index is 13.1. The lowest BCUT2D eigenvalue weighted by molar-refractivity contribution is -0.411. The maximum Gasteiger partial charge on any atom is 0.341 e. The summed E-state index contributed by atoms with van der Waals surface area (Å²) in [5.74, 6) is -3.64. The number of carbonyl (C=O) groups excluding carboxylic acids is 1. The molecule has 0 heterocycles. The van der Waals surface area contributed by atoms with E-state index in [1.54, 1.807) is 6.07 Å². The van der Waals surface area contributed by atoms with Gasteiger partial charge in [0.15, 0.2) is 0 Å². The SMILES string of the molecule is CC(C)(OOCc1cc(Cc2ccccc2)ccc1COO)OC(=O)c1cc(Cc2ccccc2)ccc1C(=O)O. The van der Waals surface area contributed by atoms with Crippen LogP contribution < -0.4 is 0 Å². The second-order valence-electron chi connectivity index (χ2n) is 10.0. The van der Waals surface area contributed by atoms with Gasteiger partial charge in [-0.1, -0.05) is 84.9 Å². The Kier molecular flexibility index (Phi) is 10.00. The average molecular weight is 557 g/mol. The van der Waals surface area contributed by atoms with Crippen LogP contribution in [-0.2, 0) is 45.5 Å². The van der Waals surface area contributed by atoms with Crippen molar-refractivity contribution >= 4 is 11.9 Å². The largest absolute Gasteiger partial charge is 0.478 e. The molecule has 0 amide bonds. The lowest BCUT2D eigenvalue weighted by Gasteiger charge is -2.24. The summed E-state index contributed by atoms with van der Waals surface area (Å²) in [7, 11) is 0. The van der Waals surface area contributed by atoms with Crippen molar-refractivity contribution in [2.75, 3.05) is 0 Å². The Balaban J connectivity index is 1.43. The van der Waals surface area contributed by atoms with Gasteiger partial charge in [0.1, 0.15) is 13.2 Å². The van der Waals surface area contributed by atoms with Gasteiger partial charge in [-0.25, -0.2) is 19.4 Å². The van der Waals surface area contributed by atoms with Gasteiger partial charge in [0, 0.05) is 13.8 Å². The van der Waals surface area contributed by atoms with Gasteiger partial charge in [-0.05, 0) is 58.4 Å². The molecule has 4 aromatic carbocycles. The van der Waals surface area contributed by atoms with Crippen LogP contribution in [0.1, 0.15) is 67.9 Å². The molecule has 0 aliphatic rings. The van der Waals surface area contributed by atoms with Crippen LogP contribution in [0.2, 0.25) is 0 Å². The van der Waals surface area contributed by atoms with Gasteiger partial charge in [0.05, 0.1) is 11.1 Å². The van der Waals surface area contributed by atoms with E-state index >= 15 is 0 Å². The second kappa shape index (κ2) is 13.8. The Morgan fingerprint density at radius 1 is 0.683 bits per heavy atom. The van der Waals surface area contributed by atoms with Crippen LogP contribution in [0.15, 0.2) is 97.1 Å². The lowest BCUT2D eigenvalue weighted by Crippen LogP contribution is -2.32. The van der Waals surface area contributed by atoms with Crippen LogP contribution in [0.25, 0.3) is 0 Å². The quantitative estimate of drug-likeness (QED) is 0.0820. The van der Waals surface area contributed by atoms with E-state index in [0.717, 1.165) is 27.8 Å². The monoisotopic (exact) mass is 556 g/mol. The van der Waals surface area contributed by atoms with Gasteiger partial charge < -0.3 is 9.84 Å². The molecule has 0 aliphatic heterocycles. The minimum Gasteiger partial charge on any atom is -0.478 e. The van der Waals surface area contributed by atoms with Gasteiger partial charge >= 0.3 is 11.9 Å². The van der Waals surface area contributed by atoms with Crippen molar-refractivity contribution in [2.24, 2.45) is 0 Å². The van der Waals surface area contributed by atoms with E-state index in [0.29, 0.717) is 18.4 Å². The number of ether oxygens (including phenoxy) is 1. The van der Waals surface area contributed by atoms with E-state index in [1.165, 1.54) is 26.0 Å². The third kappa shape index (κ3) is 8.57. The molecule has 0 fully saturated rings. The molecule has 0 saturated carbocycles. The molecular weight excluding hydrogens is 524 g/mol. The van der Waals surface area contributed by atoms with Crippen molar-refractivity contribution < 1.29 is 39.4 Å². The van der Waals surface area contributed by atoms with Crippen molar-refractivity contribution in [2.45, 2.75) is 45.7 Å². The Morgan fingerprint density at radius 2 is 1.27 bits per heavy atom. The number of carbonyl (C=O) groups is 2. The fourth-order valence-corrected chi connectivity index (χ4v) is 4.38. The predicted molar refractivity (Wildman–Crippen MR) is 151 cm³/mol. The molecule has 0 bridgehead atoms. The fourth-order valence-electron chi connectivity index (χ4n) is 4.38. The topological polar surface area (TPSA) is 112 Å². The van der Waals surface area contributed by atoms with Crippen LogP contribution >= 0.6 is 0 Å². The second-order valence-corrected chi connectivity index (χ2v) is 10.0. The minimum absolute atomic E-state index is 0.0186. The van der Waals surface area contributed by atoms with Gasteiger partial charge in [-0.3, -0.25) is 5.26 Å². The van der Waals surface area contributed by atoms with E-state index in [2.05, 4.69) is 4.89 Å². The third-order valence-electron chi connectivity index (χ3n) is 6.34. The van der Waals surface area contributed by atoms with Crippen molar-refractivity contribution in [3.05, 3.63) is 142 Å². The first-order valence-corrected chi connectivity index (χ1v) is 13.1. The fraction of sp³-hybridized carbons (Fsp3) is 0.212. The Labute approximate surface area is 238 Å². The summed E-state index contributed by atoms with van der Waals surface area (Å²) in [4.78, 5) is 40.2. The Bertz CT molecular complexity index is 1470. The zero-order chi connectivity index (χ0) is 29.2. The first kappa shape index (κ1) is 29.6. The summed E-state index contributed by atoms with van der Waals surface area (Å²) in [5.41, 5.74) is 5.11. The van der Waals surface area contributed by atoms with E-state index in [1.807, 2.05) is 78.9 Å². The lowest BCUT2D eigenvalue weighted by atomic mass is 9.99. The summed E-state index contributed by atoms with van der Waals surface area (Å²) < 4.78 is 5.52. The third-order valence-corrected chi connectivity index (χ3v) is 6.34. The van der Waals surface area contributed by atoms with Crippen LogP contribution in [-0.4, -0.2) is 28.1 Å². The number of aromatic carboxylic acids is 1. The zero-order valence-corrected chi connectivity index (χ0v) is 22.9. The maximum absolute atomic E-state index is 13.1. The molecule has 8 heteroatoms. The van der Waals surface area contributed by atoms with Crippen LogP contribution in [0.4, 0.5) is 0 Å². The molecule has 41 heavy (non-hydrogen) atoms. The molecule has 0 saturated heterocycles. The first-order chi connectivity index (χ1) is 19.7. The summed E-state index contributed by atoms with van der Waals surface area (Å²) in [6.45, 7) is 2.92. The van der Waals surface area contributed by atoms with Crippen molar-refractivity contribution in [3.8, 4) is 0 Å². The van der Waals surface area contributed by atoms with Crippen molar-refractivity contribution in [1.82, 2.24) is 0 Å². The highest BCUT2D eigenvalue weighted by Gasteiger charge is 2.29. The number of hydrogen-bond acceptors (Lipinski definition) is 7. The summed E-state index contributed by atoms with van der Waals surface area (Å²) >= 11 is 0. The van der Waals surface area contributed by atoms with E-state index in [-0.39, 0.29) is 24.3 Å². The molecule has 212 valence electrons. The van der Waals surface area contributed by atoms with Crippen molar-refractivity contribution in [3.63, 3.8) is 0 Å². The normalized spacial score (nSPS) is 11.3. The van der Waals surface area contributed by atoms with Crippen LogP contribution in [0, 0.1) is 0 Å². The highest BCUT2D eigenvalue weighted by molar-refractivity contribution is 6.02. The van der Waals surface area contributed by atoms with Gasteiger partial charge in [-0.15, -0.1) is 0 Å². The summed E-state index contributed by atoms with van der Waals surface area (Å²) in [5, 5.41) is 18.7. The number of rotatable bonds is 13. The molecule has 8 nitrogen and oxygen atoms in total. The van der Waals surface area contributed by atoms with Crippen molar-refractivity contribution in [1.29, 1.82) is 0 Å². The van der Waals surface area contributed by atoms with Gasteiger partial charge in [0.25, 0.3) is 0 Å². The Hall–Kier alpha value is -4.34. The minimum atomic E-state index is -1.54. The average Bonchev–Trinajstić information content (AvgIpc) is 2.95. The van der Waals surface area contributed by atoms with E-state index in [9.17, 15) is 14.7 Å². The number of esters is 1. The number of carboxylic acid groups (broad SMARTS) is 1. The Morgan fingerprint density at radius 3 is 1.85 bits per heavy atom. The molecule has 0 spiro atoms. The highest BCUT2D eigenvalue weighted by atomic mass is 17.2. The molecule has 0 radical (unpaired) electrons. The molecule has 4 aromatic rings. The van der Waals surface area contributed by atoms with Crippen LogP contribution in [0.5, 0.6) is 0 Å². The highest BCUT2D eigenvalue weighted by Crippen LogP contribution is 2.23. The van der Waals surface area contributed by atoms with Gasteiger partial charge in [0.2, 0.25) is 5.79 Å². The standard InChI is InChI=1S/C33H32O8/c1-33(2,40-32(36)30-20-26(14-16-29(30)31(34)35)18-24-11-7-4-8-12-24)41-39-22-28-19-25(13-15-27(28)21-38-37)17-23-9-5-3-6-10-23/h3-16,19-20,37H,17-18,21-22H2,1-2H3,(H,34,35). The number of carboxylic acids is 1. The van der Waals surface area contributed by atoms with Crippen LogP contribution in [0.3, 0.4) is 0 Å². The van der Waals surface area contributed by atoms with E-state index < -0.39 is 17.7 Å². The molecule has 0 atom stereocenters.